The maximum atomic E-state index is 0. The molecule has 0 unspecified atom stereocenters. The first kappa shape index (κ1) is 1030000. The molecule has 0 aromatic rings. The average Bonchev–Trinajstić information content (AvgIpc) is 0. The minimum absolute atomic E-state index is 0. The zero-order chi connectivity index (χ0) is 0. The van der Waals surface area contributed by atoms with Crippen molar-refractivity contribution in [2.75, 3.05) is 0 Å². The summed E-state index contributed by atoms with van der Waals surface area (Å²) in [6.45, 7) is 0. The molecule has 36 heteroatoms. The van der Waals surface area contributed by atoms with Crippen molar-refractivity contribution in [2.24, 2.45) is 0 Å². The van der Waals surface area contributed by atoms with Crippen LogP contribution in [0.25, 0.3) is 0 Å². The van der Waals surface area contributed by atoms with Crippen LogP contribution in [0.3, 0.4) is 0 Å². The van der Waals surface area contributed by atoms with Gasteiger partial charge in [-0.2, -0.15) is 0 Å². The summed E-state index contributed by atoms with van der Waals surface area (Å²) in [4.78, 5) is 0. The zero-order valence-electron chi connectivity index (χ0n) is 18.1. The quantitative estimate of drug-likeness (QED) is 0.222. The molecular formula is H70LaO35. The van der Waals surface area contributed by atoms with Crippen molar-refractivity contribution >= 4 is 0 Å². The van der Waals surface area contributed by atoms with Crippen molar-refractivity contribution in [2.45, 2.75) is 0 Å². The molecule has 36 heavy (non-hydrogen) atoms. The van der Waals surface area contributed by atoms with Crippen LogP contribution in [-0.2, 0) is 0 Å². The Morgan fingerprint density at radius 3 is 0.0556 bits per heavy atom. The predicted molar refractivity (Wildman–Crippen MR) is 126 cm³/mol. The number of rotatable bonds is 0. The normalized spacial score (nSPS) is 0. The smallest absolute Gasteiger partial charge is 0 e. The van der Waals surface area contributed by atoms with Crippen LogP contribution in [-0.4, -0.2) is 192 Å². The summed E-state index contributed by atoms with van der Waals surface area (Å²) in [6.07, 6.45) is 0. The molecule has 0 aliphatic heterocycles. The Hall–Kier alpha value is -0.205. The van der Waals surface area contributed by atoms with Crippen LogP contribution in [0.1, 0.15) is 0 Å². The summed E-state index contributed by atoms with van der Waals surface area (Å²) in [5.74, 6) is 0. The van der Waals surface area contributed by atoms with E-state index in [0.29, 0.717) is 0 Å². The second kappa shape index (κ2) is 944000. The molecule has 0 atom stereocenters. The Balaban J connectivity index is 0. The van der Waals surface area contributed by atoms with Crippen molar-refractivity contribution in [3.63, 3.8) is 0 Å². The molecule has 70 N–H and O–H groups in total. The Bertz CT molecular complexity index is 6.59. The molecule has 0 aromatic heterocycles. The van der Waals surface area contributed by atoms with Gasteiger partial charge in [0.1, 0.15) is 0 Å². The third-order valence-electron chi connectivity index (χ3n) is 0. The minimum atomic E-state index is 0. The van der Waals surface area contributed by atoms with E-state index in [1.54, 1.807) is 0 Å². The van der Waals surface area contributed by atoms with Gasteiger partial charge in [-0.05, 0) is 0 Å². The van der Waals surface area contributed by atoms with Crippen LogP contribution in [0, 0.1) is 35.6 Å². The fourth-order valence-electron chi connectivity index (χ4n) is 0. The Morgan fingerprint density at radius 1 is 0.0556 bits per heavy atom. The summed E-state index contributed by atoms with van der Waals surface area (Å²) < 4.78 is 0. The van der Waals surface area contributed by atoms with Crippen molar-refractivity contribution < 1.29 is 227 Å². The van der Waals surface area contributed by atoms with Gasteiger partial charge in [0.25, 0.3) is 0 Å². The standard InChI is InChI=1S/La.35H2O/h;35*1H2. The van der Waals surface area contributed by atoms with Crippen LogP contribution in [0.4, 0.5) is 0 Å². The first-order chi connectivity index (χ1) is 0. The molecule has 0 heterocycles. The van der Waals surface area contributed by atoms with Crippen LogP contribution >= 0.6 is 0 Å². The monoisotopic (exact) mass is 769 g/mol. The second-order valence-corrected chi connectivity index (χ2v) is 0. The van der Waals surface area contributed by atoms with Gasteiger partial charge < -0.3 is 192 Å². The first-order valence-electron chi connectivity index (χ1n) is 0. The Labute approximate surface area is 227 Å². The van der Waals surface area contributed by atoms with Gasteiger partial charge in [0, 0.05) is 35.6 Å². The fourth-order valence-corrected chi connectivity index (χ4v) is 0. The van der Waals surface area contributed by atoms with Gasteiger partial charge in [0.15, 0.2) is 0 Å². The molecule has 35 nitrogen and oxygen atoms in total. The van der Waals surface area contributed by atoms with Gasteiger partial charge in [0.05, 0.1) is 0 Å². The third kappa shape index (κ3) is 863000. The molecule has 0 fully saturated rings. The van der Waals surface area contributed by atoms with Gasteiger partial charge in [-0.1, -0.05) is 0 Å². The van der Waals surface area contributed by atoms with E-state index in [2.05, 4.69) is 0 Å². The van der Waals surface area contributed by atoms with Crippen molar-refractivity contribution in [3.05, 3.63) is 0 Å². The van der Waals surface area contributed by atoms with E-state index in [4.69, 9.17) is 0 Å². The summed E-state index contributed by atoms with van der Waals surface area (Å²) >= 11 is 0. The molecule has 0 saturated carbocycles. The molecule has 0 saturated heterocycles. The Kier molecular flexibility index (Phi) is 27000000000. The van der Waals surface area contributed by atoms with Gasteiger partial charge in [-0.25, -0.2) is 0 Å². The molecule has 0 aliphatic rings. The maximum Gasteiger partial charge on any atom is 0 e. The molecule has 283 valence electrons. The Morgan fingerprint density at radius 2 is 0.0556 bits per heavy atom. The van der Waals surface area contributed by atoms with E-state index in [9.17, 15) is 0 Å². The molecule has 0 rings (SSSR count). The van der Waals surface area contributed by atoms with E-state index in [1.807, 2.05) is 0 Å². The summed E-state index contributed by atoms with van der Waals surface area (Å²) in [5.41, 5.74) is 0. The third-order valence-corrected chi connectivity index (χ3v) is 0. The van der Waals surface area contributed by atoms with Crippen molar-refractivity contribution in [1.29, 1.82) is 0 Å². The van der Waals surface area contributed by atoms with Crippen molar-refractivity contribution in [1.82, 2.24) is 0 Å². The molecule has 0 bridgehead atoms. The maximum absolute atomic E-state index is 0. The minimum Gasteiger partial charge on any atom is -0.412 e. The van der Waals surface area contributed by atoms with E-state index in [1.165, 1.54) is 0 Å². The largest absolute Gasteiger partial charge is 0.412 e. The molecule has 0 spiro atoms. The summed E-state index contributed by atoms with van der Waals surface area (Å²) in [5, 5.41) is 0. The van der Waals surface area contributed by atoms with Crippen LogP contribution < -0.4 is 0 Å². The van der Waals surface area contributed by atoms with Crippen LogP contribution in [0.15, 0.2) is 0 Å². The SMILES string of the molecule is O.O.O.O.O.O.O.O.O.O.O.O.O.O.O.O.O.O.O.O.O.O.O.O.O.O.O.O.O.O.O.O.O.O.O.[La]. The second-order valence-electron chi connectivity index (χ2n) is 0. The van der Waals surface area contributed by atoms with Gasteiger partial charge in [0.2, 0.25) is 0 Å². The van der Waals surface area contributed by atoms with E-state index < -0.39 is 0 Å². The molecule has 1 radical (unpaired) electrons. The van der Waals surface area contributed by atoms with E-state index in [-0.39, 0.29) is 227 Å². The topological polar surface area (TPSA) is 1100 Å². The number of hydrogen-bond acceptors (Lipinski definition) is 0. The van der Waals surface area contributed by atoms with Crippen LogP contribution in [0.5, 0.6) is 0 Å². The molecular weight excluding hydrogens is 699 g/mol. The molecule has 0 aromatic carbocycles. The first-order valence-corrected chi connectivity index (χ1v) is 0. The average molecular weight is 769 g/mol. The van der Waals surface area contributed by atoms with Crippen molar-refractivity contribution in [3.8, 4) is 0 Å². The van der Waals surface area contributed by atoms with Gasteiger partial charge in [-0.15, -0.1) is 0 Å². The number of hydrogen-bond donors (Lipinski definition) is 0. The molecule has 0 amide bonds. The zero-order valence-corrected chi connectivity index (χ0v) is 21.7. The van der Waals surface area contributed by atoms with E-state index in [0.717, 1.165) is 0 Å². The summed E-state index contributed by atoms with van der Waals surface area (Å²) in [7, 11) is 0. The van der Waals surface area contributed by atoms with Gasteiger partial charge >= 0.3 is 0 Å². The fraction of sp³-hybridized carbons (Fsp3) is 0. The molecule has 0 aliphatic carbocycles. The van der Waals surface area contributed by atoms with Gasteiger partial charge in [-0.3, -0.25) is 0 Å². The summed E-state index contributed by atoms with van der Waals surface area (Å²) in [6, 6.07) is 0. The predicted octanol–water partition coefficient (Wildman–Crippen LogP) is -28.9. The van der Waals surface area contributed by atoms with Crippen LogP contribution in [0.2, 0.25) is 0 Å². The van der Waals surface area contributed by atoms with E-state index >= 15 is 0 Å².